The van der Waals surface area contributed by atoms with Gasteiger partial charge in [-0.1, -0.05) is 0 Å². The van der Waals surface area contributed by atoms with Crippen molar-refractivity contribution < 1.29 is 4.79 Å². The first-order chi connectivity index (χ1) is 6.84. The second-order valence-electron chi connectivity index (χ2n) is 3.89. The van der Waals surface area contributed by atoms with Gasteiger partial charge in [0.2, 0.25) is 0 Å². The van der Waals surface area contributed by atoms with Crippen LogP contribution in [-0.2, 0) is 0 Å². The Balaban J connectivity index is 2.77. The molecule has 0 aromatic carbocycles. The maximum Gasteiger partial charge on any atom is 0.262 e. The molecule has 0 saturated heterocycles. The van der Waals surface area contributed by atoms with Crippen LogP contribution in [0.5, 0.6) is 0 Å². The number of alkyl halides is 1. The number of carbonyl (C=O) groups is 1. The Hall–Kier alpha value is -0.0600. The molecule has 1 aromatic heterocycles. The van der Waals surface area contributed by atoms with E-state index in [0.29, 0.717) is 4.88 Å². The predicted octanol–water partition coefficient (Wildman–Crippen LogP) is 3.65. The van der Waals surface area contributed by atoms with Crippen LogP contribution in [0.15, 0.2) is 15.9 Å². The van der Waals surface area contributed by atoms with Crippen molar-refractivity contribution in [2.24, 2.45) is 0 Å². The molecule has 1 N–H and O–H groups in total. The van der Waals surface area contributed by atoms with E-state index in [4.69, 9.17) is 11.6 Å². The molecular formula is C10H13BrClNOS. The number of halogens is 2. The summed E-state index contributed by atoms with van der Waals surface area (Å²) in [5.74, 6) is -0.0885. The monoisotopic (exact) mass is 309 g/mol. The first-order valence-corrected chi connectivity index (χ1v) is 6.65. The average Bonchev–Trinajstić information content (AvgIpc) is 2.50. The third-order valence-electron chi connectivity index (χ3n) is 2.25. The zero-order chi connectivity index (χ0) is 11.6. The summed E-state index contributed by atoms with van der Waals surface area (Å²) in [7, 11) is 0. The van der Waals surface area contributed by atoms with E-state index in [9.17, 15) is 4.79 Å². The number of thiophene rings is 1. The molecule has 0 radical (unpaired) electrons. The standard InChI is InChI=1S/C10H13BrClNOS/c1-6(12)10(2,3)13-9(14)8-7(11)4-5-15-8/h4-6H,1-3H3,(H,13,14). The van der Waals surface area contributed by atoms with Crippen molar-refractivity contribution in [3.63, 3.8) is 0 Å². The van der Waals surface area contributed by atoms with Crippen LogP contribution in [0, 0.1) is 0 Å². The highest BCUT2D eigenvalue weighted by molar-refractivity contribution is 9.10. The molecule has 1 rings (SSSR count). The summed E-state index contributed by atoms with van der Waals surface area (Å²) in [4.78, 5) is 12.5. The lowest BCUT2D eigenvalue weighted by molar-refractivity contribution is 0.0916. The van der Waals surface area contributed by atoms with Gasteiger partial charge in [0, 0.05) is 4.47 Å². The quantitative estimate of drug-likeness (QED) is 0.848. The van der Waals surface area contributed by atoms with Crippen molar-refractivity contribution in [3.8, 4) is 0 Å². The molecule has 0 saturated carbocycles. The van der Waals surface area contributed by atoms with Gasteiger partial charge in [0.25, 0.3) is 5.91 Å². The van der Waals surface area contributed by atoms with Crippen LogP contribution in [0.3, 0.4) is 0 Å². The maximum atomic E-state index is 11.9. The summed E-state index contributed by atoms with van der Waals surface area (Å²) in [6, 6.07) is 1.86. The largest absolute Gasteiger partial charge is 0.345 e. The number of rotatable bonds is 3. The van der Waals surface area contributed by atoms with Crippen LogP contribution >= 0.6 is 38.9 Å². The van der Waals surface area contributed by atoms with Crippen LogP contribution in [0.1, 0.15) is 30.4 Å². The van der Waals surface area contributed by atoms with Crippen LogP contribution in [-0.4, -0.2) is 16.8 Å². The molecule has 2 nitrogen and oxygen atoms in total. The second-order valence-corrected chi connectivity index (χ2v) is 6.31. The number of nitrogens with one attached hydrogen (secondary N) is 1. The Morgan fingerprint density at radius 1 is 1.67 bits per heavy atom. The molecule has 1 aromatic rings. The Labute approximate surface area is 107 Å². The van der Waals surface area contributed by atoms with Gasteiger partial charge in [-0.05, 0) is 48.1 Å². The van der Waals surface area contributed by atoms with E-state index in [-0.39, 0.29) is 11.3 Å². The minimum atomic E-state index is -0.415. The fourth-order valence-corrected chi connectivity index (χ4v) is 2.41. The van der Waals surface area contributed by atoms with Crippen molar-refractivity contribution in [2.45, 2.75) is 31.7 Å². The summed E-state index contributed by atoms with van der Waals surface area (Å²) in [5, 5.41) is 4.65. The van der Waals surface area contributed by atoms with Crippen LogP contribution < -0.4 is 5.32 Å². The van der Waals surface area contributed by atoms with Gasteiger partial charge in [-0.25, -0.2) is 0 Å². The van der Waals surface area contributed by atoms with Gasteiger partial charge in [-0.3, -0.25) is 4.79 Å². The lowest BCUT2D eigenvalue weighted by Gasteiger charge is -2.28. The molecule has 5 heteroatoms. The summed E-state index contributed by atoms with van der Waals surface area (Å²) in [6.07, 6.45) is 0. The molecule has 0 aliphatic heterocycles. The first-order valence-electron chi connectivity index (χ1n) is 4.54. The SMILES string of the molecule is CC(Cl)C(C)(C)NC(=O)c1sccc1Br. The molecular weight excluding hydrogens is 298 g/mol. The van der Waals surface area contributed by atoms with E-state index < -0.39 is 5.54 Å². The van der Waals surface area contributed by atoms with Crippen LogP contribution in [0.4, 0.5) is 0 Å². The van der Waals surface area contributed by atoms with Crippen molar-refractivity contribution >= 4 is 44.8 Å². The lowest BCUT2D eigenvalue weighted by atomic mass is 10.0. The normalized spacial score (nSPS) is 13.7. The Bertz CT molecular complexity index is 362. The number of amides is 1. The van der Waals surface area contributed by atoms with E-state index in [1.54, 1.807) is 0 Å². The molecule has 1 unspecified atom stereocenters. The lowest BCUT2D eigenvalue weighted by Crippen LogP contribution is -2.48. The van der Waals surface area contributed by atoms with E-state index in [2.05, 4.69) is 21.2 Å². The number of carbonyl (C=O) groups excluding carboxylic acids is 1. The fraction of sp³-hybridized carbons (Fsp3) is 0.500. The van der Waals surface area contributed by atoms with Gasteiger partial charge >= 0.3 is 0 Å². The second kappa shape index (κ2) is 4.85. The molecule has 84 valence electrons. The fourth-order valence-electron chi connectivity index (χ4n) is 0.905. The van der Waals surface area contributed by atoms with Crippen molar-refractivity contribution in [1.82, 2.24) is 5.32 Å². The zero-order valence-corrected chi connectivity index (χ0v) is 12.0. The summed E-state index contributed by atoms with van der Waals surface area (Å²) >= 11 is 10.7. The van der Waals surface area contributed by atoms with Crippen LogP contribution in [0.25, 0.3) is 0 Å². The third-order valence-corrected chi connectivity index (χ3v) is 4.64. The van der Waals surface area contributed by atoms with Gasteiger partial charge in [-0.15, -0.1) is 22.9 Å². The zero-order valence-electron chi connectivity index (χ0n) is 8.80. The maximum absolute atomic E-state index is 11.9. The highest BCUT2D eigenvalue weighted by Gasteiger charge is 2.27. The Morgan fingerprint density at radius 3 is 2.67 bits per heavy atom. The molecule has 0 bridgehead atoms. The molecule has 1 atom stereocenters. The Kier molecular flexibility index (Phi) is 4.20. The van der Waals surface area contributed by atoms with E-state index in [1.807, 2.05) is 32.2 Å². The van der Waals surface area contributed by atoms with E-state index in [0.717, 1.165) is 4.47 Å². The molecule has 0 aliphatic rings. The molecule has 1 heterocycles. The molecule has 0 spiro atoms. The smallest absolute Gasteiger partial charge is 0.262 e. The minimum absolute atomic E-state index is 0.0885. The Morgan fingerprint density at radius 2 is 2.27 bits per heavy atom. The van der Waals surface area contributed by atoms with Gasteiger partial charge in [0.05, 0.1) is 10.9 Å². The number of hydrogen-bond donors (Lipinski definition) is 1. The van der Waals surface area contributed by atoms with Crippen molar-refractivity contribution in [3.05, 3.63) is 20.8 Å². The van der Waals surface area contributed by atoms with Gasteiger partial charge < -0.3 is 5.32 Å². The van der Waals surface area contributed by atoms with Crippen molar-refractivity contribution in [2.75, 3.05) is 0 Å². The average molecular weight is 311 g/mol. The van der Waals surface area contributed by atoms with Gasteiger partial charge in [-0.2, -0.15) is 0 Å². The first kappa shape index (κ1) is 13.0. The van der Waals surface area contributed by atoms with E-state index in [1.165, 1.54) is 11.3 Å². The molecule has 0 aliphatic carbocycles. The predicted molar refractivity (Wildman–Crippen MR) is 68.9 cm³/mol. The minimum Gasteiger partial charge on any atom is -0.345 e. The summed E-state index contributed by atoms with van der Waals surface area (Å²) in [6.45, 7) is 5.68. The van der Waals surface area contributed by atoms with Crippen molar-refractivity contribution in [1.29, 1.82) is 0 Å². The highest BCUT2D eigenvalue weighted by atomic mass is 79.9. The topological polar surface area (TPSA) is 29.1 Å². The molecule has 1 amide bonds. The van der Waals surface area contributed by atoms with Gasteiger partial charge in [0.15, 0.2) is 0 Å². The molecule has 15 heavy (non-hydrogen) atoms. The summed E-state index contributed by atoms with van der Waals surface area (Å²) in [5.41, 5.74) is -0.415. The summed E-state index contributed by atoms with van der Waals surface area (Å²) < 4.78 is 0.822. The highest BCUT2D eigenvalue weighted by Crippen LogP contribution is 2.24. The number of hydrogen-bond acceptors (Lipinski definition) is 2. The van der Waals surface area contributed by atoms with Gasteiger partial charge in [0.1, 0.15) is 4.88 Å². The van der Waals surface area contributed by atoms with Crippen LogP contribution in [0.2, 0.25) is 0 Å². The third kappa shape index (κ3) is 3.20. The van der Waals surface area contributed by atoms with E-state index >= 15 is 0 Å². The molecule has 0 fully saturated rings.